The smallest absolute Gasteiger partial charge is 0.266 e. The fraction of sp³-hybridized carbons (Fsp3) is 0.344. The average molecular weight is 662 g/mol. The van der Waals surface area contributed by atoms with Gasteiger partial charge in [0.2, 0.25) is 10.0 Å². The number of hydrogen-bond donors (Lipinski definition) is 1. The van der Waals surface area contributed by atoms with E-state index in [-0.39, 0.29) is 37.5 Å². The number of nitrogens with zero attached hydrogens (tertiary/aromatic N) is 2. The van der Waals surface area contributed by atoms with Gasteiger partial charge in [0.05, 0.1) is 27.1 Å². The van der Waals surface area contributed by atoms with Gasteiger partial charge >= 0.3 is 0 Å². The number of nitrogens with one attached hydrogen (secondary N) is 1. The van der Waals surface area contributed by atoms with Crippen LogP contribution in [0.5, 0.6) is 5.75 Å². The normalized spacial score (nSPS) is 17.3. The van der Waals surface area contributed by atoms with Crippen LogP contribution in [0.4, 0.5) is 8.78 Å². The molecule has 0 spiro atoms. The molecule has 1 aliphatic rings. The second-order valence-corrected chi connectivity index (χ2v) is 14.6. The molecule has 7 nitrogen and oxygen atoms in total. The van der Waals surface area contributed by atoms with Crippen LogP contribution in [0, 0.1) is 11.6 Å². The number of halogens is 3. The van der Waals surface area contributed by atoms with Crippen LogP contribution < -0.4 is 10.1 Å². The maximum absolute atomic E-state index is 14.7. The van der Waals surface area contributed by atoms with E-state index in [9.17, 15) is 22.0 Å². The van der Waals surface area contributed by atoms with Gasteiger partial charge in [0.15, 0.2) is 0 Å². The summed E-state index contributed by atoms with van der Waals surface area (Å²) in [7, 11) is 2.87. The molecular weight excluding hydrogens is 628 g/mol. The Labute approximate surface area is 265 Å². The summed E-state index contributed by atoms with van der Waals surface area (Å²) in [5.41, 5.74) is 2.33. The van der Waals surface area contributed by atoms with Crippen molar-refractivity contribution >= 4 is 49.0 Å². The van der Waals surface area contributed by atoms with E-state index in [4.69, 9.17) is 16.3 Å². The maximum atomic E-state index is 14.7. The number of benzene rings is 3. The lowest BCUT2D eigenvalue weighted by atomic mass is 9.89. The monoisotopic (exact) mass is 661 g/mol. The minimum absolute atomic E-state index is 0.0106. The van der Waals surface area contributed by atoms with E-state index in [0.717, 1.165) is 70.1 Å². The molecule has 1 amide bonds. The van der Waals surface area contributed by atoms with Crippen molar-refractivity contribution in [1.82, 2.24) is 14.5 Å². The highest BCUT2D eigenvalue weighted by molar-refractivity contribution is 7.89. The highest BCUT2D eigenvalue weighted by Crippen LogP contribution is 2.40. The molecule has 1 saturated carbocycles. The largest absolute Gasteiger partial charge is 0.496 e. The Morgan fingerprint density at radius 3 is 2.23 bits per heavy atom. The molecule has 1 N–H and O–H groups in total. The summed E-state index contributed by atoms with van der Waals surface area (Å²) in [4.78, 5) is 16.3. The number of sulfonamides is 1. The second kappa shape index (κ2) is 13.1. The van der Waals surface area contributed by atoms with Crippen LogP contribution in [0.25, 0.3) is 21.2 Å². The Morgan fingerprint density at radius 2 is 1.64 bits per heavy atom. The number of carbonyl (C=O) groups excluding carboxylic acids is 1. The van der Waals surface area contributed by atoms with Gasteiger partial charge in [-0.3, -0.25) is 4.79 Å². The standard InChI is InChI=1S/C32H34ClF2N3O4S2/c1-36-22-8-10-23(11-9-22)38(32(39)31-29(33)28-25(34)14-15-26(35)30(28)43-31)18-21-17-20(7-16-27(21)42-4)19-5-12-24(13-6-19)44(40,41)37(2)3/h5-7,12-17,22-23,36H,8-11,18H2,1-4H3. The first-order chi connectivity index (χ1) is 21.0. The molecule has 12 heteroatoms. The molecule has 0 atom stereocenters. The predicted molar refractivity (Wildman–Crippen MR) is 171 cm³/mol. The number of amides is 1. The van der Waals surface area contributed by atoms with E-state index in [1.165, 1.54) is 14.1 Å². The number of fused-ring (bicyclic) bond motifs is 1. The molecular formula is C32H34ClF2N3O4S2. The molecule has 3 aromatic carbocycles. The van der Waals surface area contributed by atoms with Crippen molar-refractivity contribution in [3.8, 4) is 16.9 Å². The Balaban J connectivity index is 1.53. The summed E-state index contributed by atoms with van der Waals surface area (Å²) in [5, 5.41) is 3.14. The average Bonchev–Trinajstić information content (AvgIpc) is 3.39. The lowest BCUT2D eigenvalue weighted by molar-refractivity contribution is 0.0604. The van der Waals surface area contributed by atoms with Crippen LogP contribution in [0.1, 0.15) is 40.9 Å². The lowest BCUT2D eigenvalue weighted by Crippen LogP contribution is -2.44. The van der Waals surface area contributed by atoms with Gasteiger partial charge in [-0.15, -0.1) is 11.3 Å². The van der Waals surface area contributed by atoms with E-state index in [0.29, 0.717) is 11.8 Å². The first kappa shape index (κ1) is 32.3. The van der Waals surface area contributed by atoms with Gasteiger partial charge in [0, 0.05) is 38.3 Å². The number of methoxy groups -OCH3 is 1. The summed E-state index contributed by atoms with van der Waals surface area (Å²) < 4.78 is 61.3. The molecule has 0 aliphatic heterocycles. The summed E-state index contributed by atoms with van der Waals surface area (Å²) in [6, 6.07) is 14.5. The molecule has 0 radical (unpaired) electrons. The Kier molecular flexibility index (Phi) is 9.62. The Morgan fingerprint density at radius 1 is 1.00 bits per heavy atom. The molecule has 0 saturated heterocycles. The van der Waals surface area contributed by atoms with Crippen LogP contribution >= 0.6 is 22.9 Å². The molecule has 5 rings (SSSR count). The first-order valence-electron chi connectivity index (χ1n) is 14.2. The van der Waals surface area contributed by atoms with Crippen LogP contribution in [-0.2, 0) is 16.6 Å². The zero-order chi connectivity index (χ0) is 31.8. The first-order valence-corrected chi connectivity index (χ1v) is 16.8. The molecule has 1 fully saturated rings. The zero-order valence-corrected chi connectivity index (χ0v) is 27.3. The van der Waals surface area contributed by atoms with Crippen LogP contribution in [-0.4, -0.2) is 63.9 Å². The Hall–Kier alpha value is -3.09. The van der Waals surface area contributed by atoms with E-state index in [1.54, 1.807) is 36.3 Å². The van der Waals surface area contributed by atoms with Crippen LogP contribution in [0.2, 0.25) is 5.02 Å². The highest BCUT2D eigenvalue weighted by atomic mass is 35.5. The Bertz CT molecular complexity index is 1790. The maximum Gasteiger partial charge on any atom is 0.266 e. The number of ether oxygens (including phenoxy) is 1. The van der Waals surface area contributed by atoms with Gasteiger partial charge < -0.3 is 15.0 Å². The minimum Gasteiger partial charge on any atom is -0.496 e. The molecule has 234 valence electrons. The van der Waals surface area contributed by atoms with Gasteiger partial charge in [0.1, 0.15) is 22.3 Å². The second-order valence-electron chi connectivity index (χ2n) is 11.0. The van der Waals surface area contributed by atoms with Gasteiger partial charge in [-0.25, -0.2) is 21.5 Å². The van der Waals surface area contributed by atoms with Gasteiger partial charge in [0.25, 0.3) is 5.91 Å². The van der Waals surface area contributed by atoms with E-state index < -0.39 is 27.6 Å². The summed E-state index contributed by atoms with van der Waals surface area (Å²) in [6.45, 7) is 0.174. The topological polar surface area (TPSA) is 79.0 Å². The van der Waals surface area contributed by atoms with Crippen molar-refractivity contribution in [1.29, 1.82) is 0 Å². The summed E-state index contributed by atoms with van der Waals surface area (Å²) in [6.07, 6.45) is 3.22. The van der Waals surface area contributed by atoms with Crippen LogP contribution in [0.3, 0.4) is 0 Å². The molecule has 1 heterocycles. The molecule has 1 aromatic heterocycles. The minimum atomic E-state index is -3.58. The molecule has 0 unspecified atom stereocenters. The van der Waals surface area contributed by atoms with E-state index in [2.05, 4.69) is 5.32 Å². The van der Waals surface area contributed by atoms with Crippen molar-refractivity contribution in [2.45, 2.75) is 49.2 Å². The van der Waals surface area contributed by atoms with Crippen molar-refractivity contribution in [3.05, 3.63) is 81.7 Å². The van der Waals surface area contributed by atoms with E-state index >= 15 is 0 Å². The van der Waals surface area contributed by atoms with E-state index in [1.807, 2.05) is 25.2 Å². The summed E-state index contributed by atoms with van der Waals surface area (Å²) in [5.74, 6) is -1.14. The van der Waals surface area contributed by atoms with Crippen molar-refractivity contribution < 1.29 is 26.7 Å². The molecule has 44 heavy (non-hydrogen) atoms. The van der Waals surface area contributed by atoms with Gasteiger partial charge in [-0.1, -0.05) is 29.8 Å². The van der Waals surface area contributed by atoms with Crippen molar-refractivity contribution in [2.24, 2.45) is 0 Å². The van der Waals surface area contributed by atoms with Crippen LogP contribution in [0.15, 0.2) is 59.5 Å². The third-order valence-electron chi connectivity index (χ3n) is 8.27. The van der Waals surface area contributed by atoms with Gasteiger partial charge in [-0.2, -0.15) is 0 Å². The number of rotatable bonds is 9. The number of thiophene rings is 1. The third kappa shape index (κ3) is 6.21. The highest BCUT2D eigenvalue weighted by Gasteiger charge is 2.33. The van der Waals surface area contributed by atoms with Crippen molar-refractivity contribution in [2.75, 3.05) is 28.3 Å². The molecule has 1 aliphatic carbocycles. The number of carbonyl (C=O) groups is 1. The zero-order valence-electron chi connectivity index (χ0n) is 24.9. The SMILES string of the molecule is CNC1CCC(N(Cc2cc(-c3ccc(S(=O)(=O)N(C)C)cc3)ccc2OC)C(=O)c2sc3c(F)ccc(F)c3c2Cl)CC1. The fourth-order valence-corrected chi connectivity index (χ4v) is 8.11. The third-order valence-corrected chi connectivity index (χ3v) is 11.8. The predicted octanol–water partition coefficient (Wildman–Crippen LogP) is 6.93. The molecule has 4 aromatic rings. The summed E-state index contributed by atoms with van der Waals surface area (Å²) >= 11 is 7.43. The van der Waals surface area contributed by atoms with Crippen molar-refractivity contribution in [3.63, 3.8) is 0 Å². The molecule has 0 bridgehead atoms. The number of hydrogen-bond acceptors (Lipinski definition) is 6. The van der Waals surface area contributed by atoms with Gasteiger partial charge in [-0.05, 0) is 80.3 Å². The quantitative estimate of drug-likeness (QED) is 0.211. The lowest BCUT2D eigenvalue weighted by Gasteiger charge is -2.37. The fourth-order valence-electron chi connectivity index (χ4n) is 5.70.